The fraction of sp³-hybridized carbons (Fsp3) is 0.429. The third-order valence-corrected chi connectivity index (χ3v) is 10.1. The lowest BCUT2D eigenvalue weighted by molar-refractivity contribution is 0.117. The first-order valence-electron chi connectivity index (χ1n) is 10.3. The van der Waals surface area contributed by atoms with Crippen LogP contribution in [0.1, 0.15) is 11.1 Å². The number of nitrogens with two attached hydrogens (primary N) is 1. The van der Waals surface area contributed by atoms with E-state index < -0.39 is 20.0 Å². The molecule has 0 atom stereocenters. The van der Waals surface area contributed by atoms with Crippen LogP contribution in [0.2, 0.25) is 0 Å². The number of rotatable bonds is 12. The number of methoxy groups -OCH3 is 3. The Morgan fingerprint density at radius 3 is 2.21 bits per heavy atom. The molecule has 0 aliphatic carbocycles. The van der Waals surface area contributed by atoms with E-state index in [0.29, 0.717) is 61.2 Å². The van der Waals surface area contributed by atoms with Crippen molar-refractivity contribution in [1.29, 1.82) is 0 Å². The number of thiophene rings is 1. The molecule has 2 N–H and O–H groups in total. The Hall–Kier alpha value is -2.00. The van der Waals surface area contributed by atoms with Crippen molar-refractivity contribution < 1.29 is 31.0 Å². The lowest BCUT2D eigenvalue weighted by atomic mass is 10.2. The Balaban J connectivity index is 2.04. The van der Waals surface area contributed by atoms with Crippen LogP contribution in [0, 0.1) is 0 Å². The van der Waals surface area contributed by atoms with Gasteiger partial charge in [-0.25, -0.2) is 22.0 Å². The summed E-state index contributed by atoms with van der Waals surface area (Å²) in [5, 5.41) is 5.27. The van der Waals surface area contributed by atoms with Crippen LogP contribution in [0.4, 0.5) is 0 Å². The van der Waals surface area contributed by atoms with Crippen molar-refractivity contribution in [2.24, 2.45) is 5.14 Å². The van der Waals surface area contributed by atoms with Gasteiger partial charge in [0.1, 0.15) is 14.2 Å². The van der Waals surface area contributed by atoms with Crippen LogP contribution < -0.4 is 9.88 Å². The van der Waals surface area contributed by atoms with Gasteiger partial charge in [-0.2, -0.15) is 0 Å². The van der Waals surface area contributed by atoms with Gasteiger partial charge in [-0.15, -0.1) is 11.3 Å². The summed E-state index contributed by atoms with van der Waals surface area (Å²) < 4.78 is 67.8. The fourth-order valence-electron chi connectivity index (χ4n) is 3.46. The Labute approximate surface area is 204 Å². The predicted molar refractivity (Wildman–Crippen MR) is 130 cm³/mol. The van der Waals surface area contributed by atoms with Crippen molar-refractivity contribution in [3.05, 3.63) is 47.2 Å². The summed E-state index contributed by atoms with van der Waals surface area (Å²) in [6.07, 6.45) is 1.71. The SMILES string of the molecule is COCCN(CCOC)CC1=Cc2cc(S(N)(=O)=O)sc2S(=O)(=O)N1Cc1ccc(OC)cc1. The first-order chi connectivity index (χ1) is 16.1. The van der Waals surface area contributed by atoms with Crippen molar-refractivity contribution in [1.82, 2.24) is 9.21 Å². The molecule has 0 amide bonds. The molecule has 0 bridgehead atoms. The second-order valence-electron chi connectivity index (χ2n) is 7.61. The smallest absolute Gasteiger partial charge is 0.274 e. The van der Waals surface area contributed by atoms with E-state index in [-0.39, 0.29) is 15.0 Å². The molecule has 10 nitrogen and oxygen atoms in total. The highest BCUT2D eigenvalue weighted by Gasteiger charge is 2.36. The number of sulfonamides is 2. The molecule has 0 unspecified atom stereocenters. The summed E-state index contributed by atoms with van der Waals surface area (Å²) in [6, 6.07) is 8.41. The van der Waals surface area contributed by atoms with Gasteiger partial charge in [0.05, 0.1) is 26.9 Å². The predicted octanol–water partition coefficient (Wildman–Crippen LogP) is 1.54. The fourth-order valence-corrected chi connectivity index (χ4v) is 7.54. The maximum atomic E-state index is 13.7. The Bertz CT molecular complexity index is 1210. The van der Waals surface area contributed by atoms with Crippen LogP contribution in [0.25, 0.3) is 6.08 Å². The highest BCUT2D eigenvalue weighted by atomic mass is 32.3. The van der Waals surface area contributed by atoms with E-state index in [1.807, 2.05) is 4.90 Å². The van der Waals surface area contributed by atoms with Crippen LogP contribution in [-0.2, 0) is 36.1 Å². The van der Waals surface area contributed by atoms with Crippen molar-refractivity contribution in [2.75, 3.05) is 54.2 Å². The van der Waals surface area contributed by atoms with E-state index >= 15 is 0 Å². The summed E-state index contributed by atoms with van der Waals surface area (Å²) in [6.45, 7) is 2.41. The van der Waals surface area contributed by atoms with E-state index in [1.54, 1.807) is 51.7 Å². The lowest BCUT2D eigenvalue weighted by Gasteiger charge is -2.33. The topological polar surface area (TPSA) is 128 Å². The van der Waals surface area contributed by atoms with E-state index in [2.05, 4.69) is 0 Å². The van der Waals surface area contributed by atoms with Crippen LogP contribution in [0.5, 0.6) is 5.75 Å². The van der Waals surface area contributed by atoms with E-state index in [0.717, 1.165) is 5.56 Å². The number of benzene rings is 1. The molecule has 0 saturated carbocycles. The van der Waals surface area contributed by atoms with E-state index in [4.69, 9.17) is 19.3 Å². The first kappa shape index (κ1) is 26.6. The molecular formula is C21H29N3O7S3. The van der Waals surface area contributed by atoms with Gasteiger partial charge in [0.25, 0.3) is 10.0 Å². The molecule has 1 aliphatic heterocycles. The summed E-state index contributed by atoms with van der Waals surface area (Å²) in [5.41, 5.74) is 1.57. The molecule has 1 aliphatic rings. The molecule has 0 fully saturated rings. The van der Waals surface area contributed by atoms with Gasteiger partial charge in [0, 0.05) is 45.1 Å². The number of hydrogen-bond donors (Lipinski definition) is 1. The standard InChI is InChI=1S/C21H29N3O7S3/c1-29-10-8-23(9-11-30-2)15-18-12-17-13-20(33(22,25)26)32-21(17)34(27,28)24(18)14-16-4-6-19(31-3)7-5-16/h4-7,12-13H,8-11,14-15H2,1-3H3,(H2,22,25,26). The summed E-state index contributed by atoms with van der Waals surface area (Å²) in [4.78, 5) is 2.02. The molecule has 34 heavy (non-hydrogen) atoms. The van der Waals surface area contributed by atoms with Crippen molar-refractivity contribution in [2.45, 2.75) is 15.0 Å². The van der Waals surface area contributed by atoms with Crippen molar-refractivity contribution in [3.8, 4) is 5.75 Å². The largest absolute Gasteiger partial charge is 0.497 e. The Morgan fingerprint density at radius 1 is 1.06 bits per heavy atom. The molecule has 0 saturated heterocycles. The Kier molecular flexibility index (Phi) is 8.73. The quantitative estimate of drug-likeness (QED) is 0.437. The molecule has 2 heterocycles. The third kappa shape index (κ3) is 6.16. The molecule has 1 aromatic carbocycles. The molecule has 0 spiro atoms. The van der Waals surface area contributed by atoms with Gasteiger partial charge in [-0.1, -0.05) is 12.1 Å². The van der Waals surface area contributed by atoms with Crippen LogP contribution in [0.15, 0.2) is 44.4 Å². The molecule has 1 aromatic heterocycles. The number of ether oxygens (including phenoxy) is 3. The van der Waals surface area contributed by atoms with Crippen LogP contribution >= 0.6 is 11.3 Å². The van der Waals surface area contributed by atoms with Gasteiger partial charge in [-0.3, -0.25) is 9.21 Å². The Morgan fingerprint density at radius 2 is 1.68 bits per heavy atom. The molecule has 2 aromatic rings. The van der Waals surface area contributed by atoms with Gasteiger partial charge in [-0.05, 0) is 29.8 Å². The summed E-state index contributed by atoms with van der Waals surface area (Å²) in [5.74, 6) is 0.657. The second kappa shape index (κ2) is 11.2. The molecular weight excluding hydrogens is 502 g/mol. The maximum absolute atomic E-state index is 13.7. The zero-order valence-electron chi connectivity index (χ0n) is 19.3. The van der Waals surface area contributed by atoms with E-state index in [1.165, 1.54) is 10.4 Å². The summed E-state index contributed by atoms with van der Waals surface area (Å²) >= 11 is 0.658. The minimum atomic E-state index is -4.05. The molecule has 188 valence electrons. The monoisotopic (exact) mass is 531 g/mol. The molecule has 0 radical (unpaired) electrons. The first-order valence-corrected chi connectivity index (χ1v) is 14.1. The summed E-state index contributed by atoms with van der Waals surface area (Å²) in [7, 11) is -3.32. The normalized spacial score (nSPS) is 15.3. The van der Waals surface area contributed by atoms with E-state index in [9.17, 15) is 16.8 Å². The third-order valence-electron chi connectivity index (χ3n) is 5.24. The van der Waals surface area contributed by atoms with Gasteiger partial charge >= 0.3 is 0 Å². The van der Waals surface area contributed by atoms with Crippen molar-refractivity contribution >= 4 is 37.5 Å². The van der Waals surface area contributed by atoms with Gasteiger partial charge < -0.3 is 14.2 Å². The zero-order chi connectivity index (χ0) is 24.9. The van der Waals surface area contributed by atoms with Crippen LogP contribution in [-0.4, -0.2) is 80.2 Å². The maximum Gasteiger partial charge on any atom is 0.274 e. The zero-order valence-corrected chi connectivity index (χ0v) is 21.7. The molecule has 3 rings (SSSR count). The highest BCUT2D eigenvalue weighted by molar-refractivity contribution is 7.94. The van der Waals surface area contributed by atoms with Crippen molar-refractivity contribution in [3.63, 3.8) is 0 Å². The lowest BCUT2D eigenvalue weighted by Crippen LogP contribution is -2.40. The average molecular weight is 532 g/mol. The number of primary sulfonamides is 1. The van der Waals surface area contributed by atoms with Gasteiger partial charge in [0.2, 0.25) is 10.0 Å². The second-order valence-corrected chi connectivity index (χ2v) is 12.5. The highest BCUT2D eigenvalue weighted by Crippen LogP contribution is 2.39. The molecule has 13 heteroatoms. The number of nitrogens with zero attached hydrogens (tertiary/aromatic N) is 2. The number of hydrogen-bond acceptors (Lipinski definition) is 9. The number of fused-ring (bicyclic) bond motifs is 1. The minimum absolute atomic E-state index is 0.0471. The average Bonchev–Trinajstić information content (AvgIpc) is 3.24. The van der Waals surface area contributed by atoms with Gasteiger partial charge in [0.15, 0.2) is 0 Å². The van der Waals surface area contributed by atoms with Crippen LogP contribution in [0.3, 0.4) is 0 Å². The minimum Gasteiger partial charge on any atom is -0.497 e.